The number of hydrogen-bond acceptors (Lipinski definition) is 3. The fourth-order valence-electron chi connectivity index (χ4n) is 4.64. The Balaban J connectivity index is 1.67. The van der Waals surface area contributed by atoms with Crippen molar-refractivity contribution in [2.45, 2.75) is 142 Å². The van der Waals surface area contributed by atoms with E-state index < -0.39 is 5.85 Å². The summed E-state index contributed by atoms with van der Waals surface area (Å²) in [6.07, 6.45) is 25.5. The van der Waals surface area contributed by atoms with Gasteiger partial charge in [0.25, 0.3) is 0 Å². The van der Waals surface area contributed by atoms with E-state index in [1.54, 1.807) is 0 Å². The van der Waals surface area contributed by atoms with Gasteiger partial charge in [0.05, 0.1) is 0 Å². The molecule has 1 aromatic heterocycles. The number of alkyl halides is 1. The van der Waals surface area contributed by atoms with Crippen molar-refractivity contribution in [3.8, 4) is 17.1 Å². The monoisotopic (exact) mass is 498 g/mol. The summed E-state index contributed by atoms with van der Waals surface area (Å²) in [5, 5.41) is 0. The molecule has 0 amide bonds. The minimum absolute atomic E-state index is 0.424. The zero-order valence-corrected chi connectivity index (χ0v) is 23.4. The Morgan fingerprint density at radius 1 is 0.667 bits per heavy atom. The molecule has 0 radical (unpaired) electrons. The highest BCUT2D eigenvalue weighted by Crippen LogP contribution is 2.27. The van der Waals surface area contributed by atoms with Gasteiger partial charge in [-0.05, 0) is 49.1 Å². The largest absolute Gasteiger partial charge is 0.458 e. The fraction of sp³-hybridized carbons (Fsp3) is 0.688. The molecule has 0 fully saturated rings. The number of nitrogens with zero attached hydrogens (tertiary/aromatic N) is 2. The molecule has 4 heteroatoms. The molecule has 2 aromatic rings. The molecule has 0 aliphatic heterocycles. The standard InChI is InChI=1S/C32H51FN2O/c1-4-6-8-10-12-14-16-18-20-28-26-34-31(35-27-28)29-21-23-30(24-22-29)36-32(3,33)25-19-17-15-13-11-9-7-5-2/h21-24,26-27H,4-20,25H2,1-3H3. The van der Waals surface area contributed by atoms with Gasteiger partial charge >= 0.3 is 0 Å². The Morgan fingerprint density at radius 2 is 1.14 bits per heavy atom. The maximum atomic E-state index is 14.9. The van der Waals surface area contributed by atoms with E-state index in [1.165, 1.54) is 102 Å². The smallest absolute Gasteiger partial charge is 0.245 e. The predicted molar refractivity (Wildman–Crippen MR) is 151 cm³/mol. The van der Waals surface area contributed by atoms with Crippen molar-refractivity contribution in [3.05, 3.63) is 42.2 Å². The van der Waals surface area contributed by atoms with Crippen molar-refractivity contribution in [1.82, 2.24) is 9.97 Å². The van der Waals surface area contributed by atoms with Gasteiger partial charge in [0, 0.05) is 31.3 Å². The van der Waals surface area contributed by atoms with E-state index in [4.69, 9.17) is 4.74 Å². The molecule has 202 valence electrons. The summed E-state index contributed by atoms with van der Waals surface area (Å²) in [4.78, 5) is 9.11. The molecule has 0 aliphatic carbocycles. The first-order valence-corrected chi connectivity index (χ1v) is 14.8. The van der Waals surface area contributed by atoms with Crippen LogP contribution in [0.15, 0.2) is 36.7 Å². The zero-order chi connectivity index (χ0) is 25.9. The molecule has 1 unspecified atom stereocenters. The van der Waals surface area contributed by atoms with Crippen molar-refractivity contribution in [3.63, 3.8) is 0 Å². The summed E-state index contributed by atoms with van der Waals surface area (Å²) in [5.41, 5.74) is 2.11. The number of aromatic nitrogens is 2. The molecular formula is C32H51FN2O. The van der Waals surface area contributed by atoms with Crippen LogP contribution in [0, 0.1) is 0 Å². The molecular weight excluding hydrogens is 447 g/mol. The maximum absolute atomic E-state index is 14.9. The van der Waals surface area contributed by atoms with Crippen LogP contribution in [0.4, 0.5) is 4.39 Å². The second-order valence-electron chi connectivity index (χ2n) is 10.6. The minimum atomic E-state index is -1.64. The molecule has 0 saturated carbocycles. The second kappa shape index (κ2) is 18.3. The van der Waals surface area contributed by atoms with E-state index >= 15 is 0 Å². The predicted octanol–water partition coefficient (Wildman–Crippen LogP) is 10.4. The third-order valence-electron chi connectivity index (χ3n) is 6.94. The van der Waals surface area contributed by atoms with Crippen LogP contribution < -0.4 is 4.74 Å². The van der Waals surface area contributed by atoms with Crippen LogP contribution in [0.1, 0.15) is 135 Å². The third kappa shape index (κ3) is 13.4. The van der Waals surface area contributed by atoms with Gasteiger partial charge in [-0.15, -0.1) is 0 Å². The highest BCUT2D eigenvalue weighted by molar-refractivity contribution is 5.55. The number of ether oxygens (including phenoxy) is 1. The zero-order valence-electron chi connectivity index (χ0n) is 23.4. The first kappa shape index (κ1) is 30.3. The first-order valence-electron chi connectivity index (χ1n) is 14.8. The highest BCUT2D eigenvalue weighted by Gasteiger charge is 2.24. The van der Waals surface area contributed by atoms with E-state index in [0.29, 0.717) is 18.0 Å². The van der Waals surface area contributed by atoms with Gasteiger partial charge in [-0.2, -0.15) is 4.39 Å². The van der Waals surface area contributed by atoms with Gasteiger partial charge < -0.3 is 4.74 Å². The van der Waals surface area contributed by atoms with E-state index in [0.717, 1.165) is 24.8 Å². The van der Waals surface area contributed by atoms with E-state index in [2.05, 4.69) is 23.8 Å². The minimum Gasteiger partial charge on any atom is -0.458 e. The van der Waals surface area contributed by atoms with Crippen LogP contribution >= 0.6 is 0 Å². The van der Waals surface area contributed by atoms with Gasteiger partial charge in [-0.3, -0.25) is 0 Å². The number of halogens is 1. The third-order valence-corrected chi connectivity index (χ3v) is 6.94. The molecule has 1 aromatic carbocycles. The Kier molecular flexibility index (Phi) is 15.4. The second-order valence-corrected chi connectivity index (χ2v) is 10.6. The molecule has 0 N–H and O–H groups in total. The molecule has 3 nitrogen and oxygen atoms in total. The summed E-state index contributed by atoms with van der Waals surface area (Å²) in [5.74, 6) is -0.394. The molecule has 2 rings (SSSR count). The van der Waals surface area contributed by atoms with Gasteiger partial charge in [0.1, 0.15) is 5.75 Å². The van der Waals surface area contributed by atoms with Crippen molar-refractivity contribution in [2.24, 2.45) is 0 Å². The van der Waals surface area contributed by atoms with Crippen LogP contribution in [0.3, 0.4) is 0 Å². The van der Waals surface area contributed by atoms with Crippen molar-refractivity contribution in [1.29, 1.82) is 0 Å². The van der Waals surface area contributed by atoms with Crippen molar-refractivity contribution in [2.75, 3.05) is 0 Å². The molecule has 1 atom stereocenters. The number of unbranched alkanes of at least 4 members (excludes halogenated alkanes) is 14. The molecule has 0 saturated heterocycles. The first-order chi connectivity index (χ1) is 17.5. The average molecular weight is 499 g/mol. The summed E-state index contributed by atoms with van der Waals surface area (Å²) in [7, 11) is 0. The lowest BCUT2D eigenvalue weighted by Gasteiger charge is -2.22. The van der Waals surface area contributed by atoms with Crippen molar-refractivity contribution < 1.29 is 9.13 Å². The van der Waals surface area contributed by atoms with E-state index in [-0.39, 0.29) is 0 Å². The normalized spacial score (nSPS) is 13.0. The fourth-order valence-corrected chi connectivity index (χ4v) is 4.64. The van der Waals surface area contributed by atoms with Crippen LogP contribution in [-0.4, -0.2) is 15.8 Å². The van der Waals surface area contributed by atoms with Gasteiger partial charge in [0.2, 0.25) is 5.85 Å². The number of aryl methyl sites for hydroxylation is 1. The lowest BCUT2D eigenvalue weighted by atomic mass is 10.1. The number of rotatable bonds is 21. The molecule has 0 aliphatic rings. The Labute approximate surface area is 220 Å². The topological polar surface area (TPSA) is 35.0 Å². The molecule has 0 spiro atoms. The summed E-state index contributed by atoms with van der Waals surface area (Å²) in [6.45, 7) is 6.04. The van der Waals surface area contributed by atoms with Gasteiger partial charge in [-0.25, -0.2) is 9.97 Å². The van der Waals surface area contributed by atoms with E-state index in [1.807, 2.05) is 36.7 Å². The van der Waals surface area contributed by atoms with Gasteiger partial charge in [-0.1, -0.05) is 104 Å². The van der Waals surface area contributed by atoms with Gasteiger partial charge in [0.15, 0.2) is 5.82 Å². The van der Waals surface area contributed by atoms with E-state index in [9.17, 15) is 4.39 Å². The lowest BCUT2D eigenvalue weighted by molar-refractivity contribution is -0.0530. The number of benzene rings is 1. The Morgan fingerprint density at radius 3 is 1.67 bits per heavy atom. The lowest BCUT2D eigenvalue weighted by Crippen LogP contribution is -2.26. The Bertz CT molecular complexity index is 789. The van der Waals surface area contributed by atoms with Crippen LogP contribution in [0.2, 0.25) is 0 Å². The molecule has 1 heterocycles. The average Bonchev–Trinajstić information content (AvgIpc) is 2.88. The van der Waals surface area contributed by atoms with Crippen LogP contribution in [-0.2, 0) is 6.42 Å². The van der Waals surface area contributed by atoms with Crippen LogP contribution in [0.25, 0.3) is 11.4 Å². The van der Waals surface area contributed by atoms with Crippen molar-refractivity contribution >= 4 is 0 Å². The molecule has 36 heavy (non-hydrogen) atoms. The SMILES string of the molecule is CCCCCCCCCCc1cnc(-c2ccc(OC(C)(F)CCCCCCCCCC)cc2)nc1. The van der Waals surface area contributed by atoms with Crippen LogP contribution in [0.5, 0.6) is 5.75 Å². The summed E-state index contributed by atoms with van der Waals surface area (Å²) < 4.78 is 20.5. The Hall–Kier alpha value is -1.97. The number of hydrogen-bond donors (Lipinski definition) is 0. The summed E-state index contributed by atoms with van der Waals surface area (Å²) >= 11 is 0. The highest BCUT2D eigenvalue weighted by atomic mass is 19.2. The maximum Gasteiger partial charge on any atom is 0.245 e. The quantitative estimate of drug-likeness (QED) is 0.161. The summed E-state index contributed by atoms with van der Waals surface area (Å²) in [6, 6.07) is 7.46. The molecule has 0 bridgehead atoms.